The highest BCUT2D eigenvalue weighted by atomic mass is 15.2. The van der Waals surface area contributed by atoms with Gasteiger partial charge in [0.15, 0.2) is 17.5 Å². The summed E-state index contributed by atoms with van der Waals surface area (Å²) in [5.74, 6) is 6.11. The molecule has 4 aliphatic carbocycles. The van der Waals surface area contributed by atoms with Gasteiger partial charge in [-0.15, -0.1) is 0 Å². The molecule has 2 fully saturated rings. The van der Waals surface area contributed by atoms with Gasteiger partial charge in [-0.25, -0.2) is 19.9 Å². The van der Waals surface area contributed by atoms with Gasteiger partial charge < -0.3 is 18.3 Å². The summed E-state index contributed by atoms with van der Waals surface area (Å²) in [6.07, 6.45) is 17.9. The number of hydrogen-bond donors (Lipinski definition) is 0. The van der Waals surface area contributed by atoms with Crippen LogP contribution in [0.2, 0.25) is 0 Å². The van der Waals surface area contributed by atoms with Gasteiger partial charge in [-0.3, -0.25) is 4.57 Å². The van der Waals surface area contributed by atoms with Gasteiger partial charge in [-0.2, -0.15) is 9.97 Å². The Kier molecular flexibility index (Phi) is 15.5. The van der Waals surface area contributed by atoms with Gasteiger partial charge in [-0.05, 0) is 165 Å². The van der Waals surface area contributed by atoms with Crippen molar-refractivity contribution in [2.75, 3.05) is 0 Å². The van der Waals surface area contributed by atoms with Crippen LogP contribution >= 0.6 is 0 Å². The fraction of sp³-hybridized carbons (Fsp3) is 0.181. The first kappa shape index (κ1) is 68.2. The fourth-order valence-corrected chi connectivity index (χ4v) is 21.4. The number of aromatic nitrogens is 11. The van der Waals surface area contributed by atoms with Crippen molar-refractivity contribution in [3.63, 3.8) is 0 Å². The zero-order valence-electron chi connectivity index (χ0n) is 65.8. The molecule has 116 heavy (non-hydrogen) atoms. The summed E-state index contributed by atoms with van der Waals surface area (Å²) in [6.45, 7) is 11.5. The van der Waals surface area contributed by atoms with Crippen molar-refractivity contribution < 1.29 is 0 Å². The largest absolute Gasteiger partial charge is 0.313 e. The molecule has 0 radical (unpaired) electrons. The number of para-hydroxylation sites is 7. The molecule has 0 spiro atoms. The number of rotatable bonds is 11. The van der Waals surface area contributed by atoms with Crippen LogP contribution < -0.4 is 0 Å². The zero-order chi connectivity index (χ0) is 77.2. The molecule has 7 aromatic heterocycles. The molecule has 23 rings (SSSR count). The van der Waals surface area contributed by atoms with Crippen LogP contribution in [0.25, 0.3) is 173 Å². The molecule has 7 heterocycles. The van der Waals surface area contributed by atoms with Crippen LogP contribution in [-0.4, -0.2) is 52.7 Å². The van der Waals surface area contributed by atoms with Crippen molar-refractivity contribution >= 4 is 99.4 Å². The predicted octanol–water partition coefficient (Wildman–Crippen LogP) is 25.6. The summed E-state index contributed by atoms with van der Waals surface area (Å²) >= 11 is 0. The minimum absolute atomic E-state index is 0.0417. The Balaban J connectivity index is 0.684. The molecule has 0 N–H and O–H groups in total. The van der Waals surface area contributed by atoms with E-state index in [1.807, 2.05) is 18.2 Å². The van der Waals surface area contributed by atoms with Crippen LogP contribution in [0.3, 0.4) is 0 Å². The molecule has 2 bridgehead atoms. The Bertz CT molecular complexity index is 7300. The lowest BCUT2D eigenvalue weighted by atomic mass is 9.56. The molecule has 11 nitrogen and oxygen atoms in total. The first-order valence-corrected chi connectivity index (χ1v) is 41.5. The average molecular weight is 1500 g/mol. The molecule has 560 valence electrons. The van der Waals surface area contributed by atoms with Crippen molar-refractivity contribution in [3.05, 3.63) is 331 Å². The second-order valence-corrected chi connectivity index (χ2v) is 34.5. The Morgan fingerprint density at radius 2 is 0.974 bits per heavy atom. The molecule has 11 heteroatoms. The first-order chi connectivity index (χ1) is 56.9. The van der Waals surface area contributed by atoms with Gasteiger partial charge in [0.05, 0.1) is 55.5 Å². The maximum atomic E-state index is 6.00. The van der Waals surface area contributed by atoms with E-state index in [2.05, 4.69) is 343 Å². The van der Waals surface area contributed by atoms with Crippen molar-refractivity contribution in [1.82, 2.24) is 52.7 Å². The maximum Gasteiger partial charge on any atom is 0.238 e. The third-order valence-corrected chi connectivity index (χ3v) is 26.0. The third-order valence-electron chi connectivity index (χ3n) is 26.0. The quantitative estimate of drug-likeness (QED) is 0.128. The SMILES string of the molecule is C[C@@H]1C[C@@H]2C[C@H](C)CC(c3nc(-c4ccccc4-n4c5ccccc5c5ccc6c(c7ccccc7n6-c6ccccc6)c54)nc(-n4c5c(c6ccc(C7C=Cc8c(n(-c9ccc%10c(c9)c9ccccc9n%10-c9c(-c%10ccccc%10)cccc9-c9nc(-c%10ccccc%10)nc(C(C)(C)C)n9)c9ccccc89)C7)cc64)C=CCC5)n3)(C1)C2. The van der Waals surface area contributed by atoms with E-state index in [0.29, 0.717) is 41.2 Å². The summed E-state index contributed by atoms with van der Waals surface area (Å²) in [5.41, 5.74) is 24.2. The average Bonchev–Trinajstić information content (AvgIpc) is 1.55. The van der Waals surface area contributed by atoms with Crippen molar-refractivity contribution in [2.24, 2.45) is 17.8 Å². The van der Waals surface area contributed by atoms with Crippen LogP contribution in [0.1, 0.15) is 119 Å². The fourth-order valence-electron chi connectivity index (χ4n) is 21.4. The number of fused-ring (bicyclic) bond motifs is 18. The van der Waals surface area contributed by atoms with E-state index in [0.717, 1.165) is 139 Å². The smallest absolute Gasteiger partial charge is 0.238 e. The van der Waals surface area contributed by atoms with Crippen LogP contribution in [0, 0.1) is 17.8 Å². The van der Waals surface area contributed by atoms with Crippen LogP contribution in [0.5, 0.6) is 0 Å². The molecular weight excluding hydrogens is 1420 g/mol. The summed E-state index contributed by atoms with van der Waals surface area (Å²) in [7, 11) is 0. The molecule has 0 saturated heterocycles. The highest BCUT2D eigenvalue weighted by molar-refractivity contribution is 6.26. The number of hydrogen-bond acceptors (Lipinski definition) is 6. The highest BCUT2D eigenvalue weighted by Gasteiger charge is 2.48. The van der Waals surface area contributed by atoms with Crippen LogP contribution in [0.4, 0.5) is 0 Å². The maximum absolute atomic E-state index is 6.00. The highest BCUT2D eigenvalue weighted by Crippen LogP contribution is 2.55. The minimum Gasteiger partial charge on any atom is -0.313 e. The Labute approximate surface area is 673 Å². The van der Waals surface area contributed by atoms with Gasteiger partial charge in [0.25, 0.3) is 0 Å². The van der Waals surface area contributed by atoms with E-state index in [-0.39, 0.29) is 16.7 Å². The zero-order valence-corrected chi connectivity index (χ0v) is 65.8. The lowest BCUT2D eigenvalue weighted by Crippen LogP contribution is -2.43. The van der Waals surface area contributed by atoms with Crippen molar-refractivity contribution in [2.45, 2.75) is 103 Å². The molecular formula is C105H85N11. The topological polar surface area (TPSA) is 102 Å². The van der Waals surface area contributed by atoms with Gasteiger partial charge in [0, 0.05) is 116 Å². The second kappa shape index (κ2) is 26.3. The lowest BCUT2D eigenvalue weighted by molar-refractivity contribution is 0.0719. The minimum atomic E-state index is -0.356. The first-order valence-electron chi connectivity index (χ1n) is 41.5. The Hall–Kier alpha value is -13.4. The van der Waals surface area contributed by atoms with E-state index in [1.54, 1.807) is 0 Å². The van der Waals surface area contributed by atoms with Crippen LogP contribution in [0.15, 0.2) is 291 Å². The molecule has 12 aromatic carbocycles. The van der Waals surface area contributed by atoms with Gasteiger partial charge >= 0.3 is 0 Å². The molecule has 19 aromatic rings. The molecule has 0 aliphatic heterocycles. The third kappa shape index (κ3) is 10.7. The van der Waals surface area contributed by atoms with E-state index in [1.165, 1.54) is 89.8 Å². The van der Waals surface area contributed by atoms with Crippen LogP contribution in [-0.2, 0) is 23.7 Å². The number of benzene rings is 12. The van der Waals surface area contributed by atoms with Gasteiger partial charge in [0.1, 0.15) is 11.6 Å². The van der Waals surface area contributed by atoms with Gasteiger partial charge in [0.2, 0.25) is 5.95 Å². The standard InChI is InChI=1S/C105H85N11/c1-64-56-66-57-65(2)62-105(61-64,63-66)102-109-99(82-39-20-26-47-90(82)115-86-43-22-17-36-76(86)80-53-55-92-95(97(80)115)81-38-19-25-46-89(81)112(92)71-32-13-8-14-33-71)110-103(111-102)116-88-45-24-16-35-75(88)79-52-49-70(59-94(79)116)69-48-51-78-74-34-15-21-42-85(74)113(93(78)58-69)72-50-54-91-84(60-72)77-37-18-23-44-87(77)114(91)96-73(67-28-9-6-10-29-67)40-27-41-83(96)100-106-98(68-30-11-7-12-31-68)107-101(108-100)104(3,4)5/h6-23,25-44,46-55,59-60,64-66,69H,24,45,56-58,61-63H2,1-5H3/t64-,65+,66-,69?,105?. The molecule has 5 atom stereocenters. The van der Waals surface area contributed by atoms with Gasteiger partial charge in [-0.1, -0.05) is 253 Å². The summed E-state index contributed by atoms with van der Waals surface area (Å²) < 4.78 is 12.5. The second-order valence-electron chi connectivity index (χ2n) is 34.5. The summed E-state index contributed by atoms with van der Waals surface area (Å²) in [6, 6.07) is 102. The van der Waals surface area contributed by atoms with Crippen molar-refractivity contribution in [1.29, 1.82) is 0 Å². The van der Waals surface area contributed by atoms with E-state index in [4.69, 9.17) is 29.9 Å². The van der Waals surface area contributed by atoms with Crippen molar-refractivity contribution in [3.8, 4) is 74.0 Å². The summed E-state index contributed by atoms with van der Waals surface area (Å²) in [5, 5.41) is 9.59. The monoisotopic (exact) mass is 1500 g/mol. The molecule has 0 amide bonds. The lowest BCUT2D eigenvalue weighted by Gasteiger charge is -2.49. The van der Waals surface area contributed by atoms with E-state index < -0.39 is 0 Å². The Morgan fingerprint density at radius 3 is 1.73 bits per heavy atom. The summed E-state index contributed by atoms with van der Waals surface area (Å²) in [4.78, 5) is 33.9. The van der Waals surface area contributed by atoms with E-state index >= 15 is 0 Å². The normalized spacial score (nSPS) is 18.1. The molecule has 2 saturated carbocycles. The number of allylic oxidation sites excluding steroid dienone is 2. The molecule has 2 unspecified atom stereocenters. The number of nitrogens with zero attached hydrogens (tertiary/aromatic N) is 11. The predicted molar refractivity (Wildman–Crippen MR) is 476 cm³/mol. The van der Waals surface area contributed by atoms with E-state index in [9.17, 15) is 0 Å². The molecule has 4 aliphatic rings. The Morgan fingerprint density at radius 1 is 0.388 bits per heavy atom.